The number of hydrogen-bond acceptors (Lipinski definition) is 2. The first-order valence-electron chi connectivity index (χ1n) is 7.13. The molecule has 0 saturated heterocycles. The van der Waals surface area contributed by atoms with Crippen molar-refractivity contribution >= 4 is 15.9 Å². The lowest BCUT2D eigenvalue weighted by molar-refractivity contribution is 0.357. The predicted octanol–water partition coefficient (Wildman–Crippen LogP) is 4.22. The molecule has 1 N–H and O–H groups in total. The molecule has 2 nitrogen and oxygen atoms in total. The molecule has 0 aromatic heterocycles. The highest BCUT2D eigenvalue weighted by Gasteiger charge is 2.22. The van der Waals surface area contributed by atoms with Crippen LogP contribution in [0.4, 0.5) is 4.39 Å². The van der Waals surface area contributed by atoms with Crippen LogP contribution in [0, 0.1) is 5.82 Å². The van der Waals surface area contributed by atoms with E-state index >= 15 is 0 Å². The third-order valence-corrected chi connectivity index (χ3v) is 4.43. The van der Waals surface area contributed by atoms with Crippen LogP contribution in [-0.4, -0.2) is 13.2 Å². The fourth-order valence-corrected chi connectivity index (χ4v) is 3.33. The second-order valence-electron chi connectivity index (χ2n) is 5.09. The van der Waals surface area contributed by atoms with E-state index in [1.54, 1.807) is 6.07 Å². The van der Waals surface area contributed by atoms with Gasteiger partial charge in [-0.15, -0.1) is 0 Å². The zero-order valence-electron chi connectivity index (χ0n) is 11.8. The molecular formula is C17H17BrFNO. The Morgan fingerprint density at radius 2 is 2.19 bits per heavy atom. The van der Waals surface area contributed by atoms with Gasteiger partial charge in [0.25, 0.3) is 0 Å². The summed E-state index contributed by atoms with van der Waals surface area (Å²) in [5, 5.41) is 3.38. The Kier molecular flexibility index (Phi) is 4.27. The number of halogens is 2. The molecule has 110 valence electrons. The van der Waals surface area contributed by atoms with Crippen molar-refractivity contribution < 1.29 is 9.13 Å². The van der Waals surface area contributed by atoms with Gasteiger partial charge < -0.3 is 10.1 Å². The molecule has 3 rings (SSSR count). The molecule has 0 spiro atoms. The van der Waals surface area contributed by atoms with E-state index in [-0.39, 0.29) is 11.9 Å². The number of fused-ring (bicyclic) bond motifs is 1. The van der Waals surface area contributed by atoms with Crippen molar-refractivity contribution in [2.75, 3.05) is 13.2 Å². The number of benzene rings is 2. The van der Waals surface area contributed by atoms with Crippen LogP contribution in [0.5, 0.6) is 5.75 Å². The van der Waals surface area contributed by atoms with Crippen LogP contribution in [0.25, 0.3) is 0 Å². The Morgan fingerprint density at radius 1 is 1.33 bits per heavy atom. The van der Waals surface area contributed by atoms with Crippen molar-refractivity contribution in [2.45, 2.75) is 19.4 Å². The Bertz CT molecular complexity index is 639. The fourth-order valence-electron chi connectivity index (χ4n) is 2.76. The Labute approximate surface area is 132 Å². The average molecular weight is 350 g/mol. The molecule has 1 heterocycles. The number of nitrogens with one attached hydrogen (secondary N) is 1. The summed E-state index contributed by atoms with van der Waals surface area (Å²) < 4.78 is 20.6. The second-order valence-corrected chi connectivity index (χ2v) is 5.95. The first-order chi connectivity index (χ1) is 10.2. The molecule has 0 aliphatic carbocycles. The molecule has 0 radical (unpaired) electrons. The highest BCUT2D eigenvalue weighted by Crippen LogP contribution is 2.34. The summed E-state index contributed by atoms with van der Waals surface area (Å²) in [6, 6.07) is 11.0. The monoisotopic (exact) mass is 349 g/mol. The largest absolute Gasteiger partial charge is 0.493 e. The maximum absolute atomic E-state index is 14.3. The number of ether oxygens (including phenoxy) is 1. The lowest BCUT2D eigenvalue weighted by Gasteiger charge is -2.21. The normalized spacial score (nSPS) is 14.6. The van der Waals surface area contributed by atoms with Crippen LogP contribution in [0.1, 0.15) is 29.7 Å². The van der Waals surface area contributed by atoms with Crippen molar-refractivity contribution in [2.24, 2.45) is 0 Å². The third kappa shape index (κ3) is 2.83. The maximum Gasteiger partial charge on any atom is 0.129 e. The van der Waals surface area contributed by atoms with Crippen LogP contribution in [0.15, 0.2) is 40.9 Å². The van der Waals surface area contributed by atoms with Crippen LogP contribution in [-0.2, 0) is 6.42 Å². The van der Waals surface area contributed by atoms with Crippen LogP contribution >= 0.6 is 15.9 Å². The summed E-state index contributed by atoms with van der Waals surface area (Å²) in [5.41, 5.74) is 2.91. The Balaban J connectivity index is 2.06. The van der Waals surface area contributed by atoms with E-state index in [1.807, 2.05) is 25.1 Å². The van der Waals surface area contributed by atoms with Crippen molar-refractivity contribution in [1.82, 2.24) is 5.32 Å². The Hall–Kier alpha value is -1.39. The summed E-state index contributed by atoms with van der Waals surface area (Å²) in [5.74, 6) is 0.744. The quantitative estimate of drug-likeness (QED) is 0.891. The topological polar surface area (TPSA) is 21.3 Å². The van der Waals surface area contributed by atoms with Crippen LogP contribution in [0.2, 0.25) is 0 Å². The molecular weight excluding hydrogens is 333 g/mol. The zero-order valence-corrected chi connectivity index (χ0v) is 13.4. The zero-order chi connectivity index (χ0) is 14.8. The summed E-state index contributed by atoms with van der Waals surface area (Å²) in [6.45, 7) is 3.52. The summed E-state index contributed by atoms with van der Waals surface area (Å²) in [7, 11) is 0. The highest BCUT2D eigenvalue weighted by molar-refractivity contribution is 9.10. The van der Waals surface area contributed by atoms with E-state index in [0.717, 1.165) is 35.4 Å². The van der Waals surface area contributed by atoms with Gasteiger partial charge in [0.1, 0.15) is 11.6 Å². The van der Waals surface area contributed by atoms with Gasteiger partial charge in [0, 0.05) is 16.5 Å². The van der Waals surface area contributed by atoms with E-state index < -0.39 is 0 Å². The second kappa shape index (κ2) is 6.16. The summed E-state index contributed by atoms with van der Waals surface area (Å²) in [6.07, 6.45) is 0.917. The standard InChI is InChI=1S/C17H17BrFNO/c1-2-20-17(16-13(18)4-3-5-14(16)19)12-6-7-15-11(10-12)8-9-21-15/h3-7,10,17,20H,2,8-9H2,1H3. The minimum atomic E-state index is -0.202. The lowest BCUT2D eigenvalue weighted by atomic mass is 9.96. The van der Waals surface area contributed by atoms with Gasteiger partial charge in [0.2, 0.25) is 0 Å². The van der Waals surface area contributed by atoms with E-state index in [4.69, 9.17) is 4.74 Å². The lowest BCUT2D eigenvalue weighted by Crippen LogP contribution is -2.23. The van der Waals surface area contributed by atoms with E-state index in [2.05, 4.69) is 27.3 Å². The first-order valence-corrected chi connectivity index (χ1v) is 7.93. The first kappa shape index (κ1) is 14.5. The maximum atomic E-state index is 14.3. The molecule has 21 heavy (non-hydrogen) atoms. The predicted molar refractivity (Wildman–Crippen MR) is 85.3 cm³/mol. The van der Waals surface area contributed by atoms with Crippen LogP contribution in [0.3, 0.4) is 0 Å². The van der Waals surface area contributed by atoms with Crippen molar-refractivity contribution in [3.05, 3.63) is 63.4 Å². The van der Waals surface area contributed by atoms with Crippen LogP contribution < -0.4 is 10.1 Å². The van der Waals surface area contributed by atoms with Crippen molar-refractivity contribution in [3.63, 3.8) is 0 Å². The van der Waals surface area contributed by atoms with Gasteiger partial charge in [-0.25, -0.2) is 4.39 Å². The van der Waals surface area contributed by atoms with E-state index in [9.17, 15) is 4.39 Å². The van der Waals surface area contributed by atoms with Gasteiger partial charge in [-0.2, -0.15) is 0 Å². The average Bonchev–Trinajstić information content (AvgIpc) is 2.93. The van der Waals surface area contributed by atoms with Crippen molar-refractivity contribution in [1.29, 1.82) is 0 Å². The number of rotatable bonds is 4. The van der Waals surface area contributed by atoms with Gasteiger partial charge in [0.05, 0.1) is 12.6 Å². The molecule has 1 unspecified atom stereocenters. The van der Waals surface area contributed by atoms with E-state index in [1.165, 1.54) is 11.6 Å². The van der Waals surface area contributed by atoms with Gasteiger partial charge in [-0.3, -0.25) is 0 Å². The third-order valence-electron chi connectivity index (χ3n) is 3.74. The minimum Gasteiger partial charge on any atom is -0.493 e. The molecule has 0 bridgehead atoms. The number of hydrogen-bond donors (Lipinski definition) is 1. The van der Waals surface area contributed by atoms with Gasteiger partial charge in [-0.1, -0.05) is 41.1 Å². The Morgan fingerprint density at radius 3 is 2.95 bits per heavy atom. The summed E-state index contributed by atoms with van der Waals surface area (Å²) in [4.78, 5) is 0. The molecule has 1 aliphatic heterocycles. The fraction of sp³-hybridized carbons (Fsp3) is 0.294. The minimum absolute atomic E-state index is 0.170. The van der Waals surface area contributed by atoms with Gasteiger partial charge >= 0.3 is 0 Å². The molecule has 1 atom stereocenters. The summed E-state index contributed by atoms with van der Waals surface area (Å²) >= 11 is 3.47. The molecule has 0 amide bonds. The molecule has 2 aromatic carbocycles. The molecule has 4 heteroatoms. The molecule has 2 aromatic rings. The van der Waals surface area contributed by atoms with E-state index in [0.29, 0.717) is 5.56 Å². The molecule has 1 aliphatic rings. The molecule has 0 saturated carbocycles. The molecule has 0 fully saturated rings. The van der Waals surface area contributed by atoms with Gasteiger partial charge in [-0.05, 0) is 35.9 Å². The van der Waals surface area contributed by atoms with Gasteiger partial charge in [0.15, 0.2) is 0 Å². The van der Waals surface area contributed by atoms with Crippen molar-refractivity contribution in [3.8, 4) is 5.75 Å². The highest BCUT2D eigenvalue weighted by atomic mass is 79.9. The SMILES string of the molecule is CCNC(c1ccc2c(c1)CCO2)c1c(F)cccc1Br. The smallest absolute Gasteiger partial charge is 0.129 e.